The minimum Gasteiger partial charge on any atom is -0.493 e. The van der Waals surface area contributed by atoms with E-state index in [9.17, 15) is 8.42 Å². The van der Waals surface area contributed by atoms with Crippen molar-refractivity contribution in [2.45, 2.75) is 11.3 Å². The Kier molecular flexibility index (Phi) is 3.23. The zero-order valence-corrected chi connectivity index (χ0v) is 11.8. The molecule has 0 unspecified atom stereocenters. The van der Waals surface area contributed by atoms with Crippen molar-refractivity contribution in [1.82, 2.24) is 9.97 Å². The van der Waals surface area contributed by atoms with Crippen molar-refractivity contribution < 1.29 is 13.2 Å². The molecule has 0 aliphatic carbocycles. The molecule has 20 heavy (non-hydrogen) atoms. The van der Waals surface area contributed by atoms with Gasteiger partial charge in [0.1, 0.15) is 10.6 Å². The first-order valence-corrected chi connectivity index (χ1v) is 7.67. The fraction of sp³-hybridized carbons (Fsp3) is 0.167. The van der Waals surface area contributed by atoms with Crippen LogP contribution in [0.3, 0.4) is 0 Å². The van der Waals surface area contributed by atoms with Crippen LogP contribution in [0.25, 0.3) is 0 Å². The highest BCUT2D eigenvalue weighted by molar-refractivity contribution is 7.92. The third-order valence-corrected chi connectivity index (χ3v) is 4.38. The topological polar surface area (TPSA) is 81.2 Å². The van der Waals surface area contributed by atoms with Gasteiger partial charge in [0.05, 0.1) is 19.0 Å². The first-order chi connectivity index (χ1) is 9.54. The lowest BCUT2D eigenvalue weighted by molar-refractivity contribution is 0.357. The molecule has 0 fully saturated rings. The van der Waals surface area contributed by atoms with Crippen LogP contribution < -0.4 is 9.46 Å². The molecule has 3 rings (SSSR count). The van der Waals surface area contributed by atoms with Gasteiger partial charge in [-0.05, 0) is 35.4 Å². The van der Waals surface area contributed by atoms with Crippen LogP contribution in [0.5, 0.6) is 5.75 Å². The number of fused-ring (bicyclic) bond motifs is 1. The van der Waals surface area contributed by atoms with Gasteiger partial charge in [0.2, 0.25) is 5.28 Å². The molecule has 1 aromatic heterocycles. The minimum absolute atomic E-state index is 0.00127. The molecule has 0 saturated heterocycles. The molecular weight excluding hydrogens is 302 g/mol. The number of anilines is 1. The summed E-state index contributed by atoms with van der Waals surface area (Å²) in [5.41, 5.74) is 1.46. The Bertz CT molecular complexity index is 747. The molecule has 0 radical (unpaired) electrons. The van der Waals surface area contributed by atoms with Gasteiger partial charge < -0.3 is 4.74 Å². The first-order valence-electron chi connectivity index (χ1n) is 5.81. The summed E-state index contributed by atoms with van der Waals surface area (Å²) in [6, 6.07) is 5.16. The SMILES string of the molecule is O=S(=O)(Nc1ccc2c(c1)CCO2)c1cnc(Cl)nc1. The fourth-order valence-corrected chi connectivity index (χ4v) is 2.94. The molecule has 1 aromatic carbocycles. The maximum Gasteiger partial charge on any atom is 0.264 e. The van der Waals surface area contributed by atoms with E-state index in [0.29, 0.717) is 12.3 Å². The Hall–Kier alpha value is -1.86. The van der Waals surface area contributed by atoms with E-state index in [1.165, 1.54) is 0 Å². The lowest BCUT2D eigenvalue weighted by Gasteiger charge is -2.08. The quantitative estimate of drug-likeness (QED) is 0.875. The maximum atomic E-state index is 12.1. The van der Waals surface area contributed by atoms with Crippen LogP contribution in [0.2, 0.25) is 5.28 Å². The van der Waals surface area contributed by atoms with Crippen LogP contribution in [0.4, 0.5) is 5.69 Å². The minimum atomic E-state index is -3.72. The molecule has 0 bridgehead atoms. The molecule has 0 spiro atoms. The van der Waals surface area contributed by atoms with Gasteiger partial charge in [-0.1, -0.05) is 0 Å². The van der Waals surface area contributed by atoms with Gasteiger partial charge >= 0.3 is 0 Å². The number of aromatic nitrogens is 2. The summed E-state index contributed by atoms with van der Waals surface area (Å²) in [7, 11) is -3.72. The number of benzene rings is 1. The third kappa shape index (κ3) is 2.54. The smallest absolute Gasteiger partial charge is 0.264 e. The molecule has 104 valence electrons. The van der Waals surface area contributed by atoms with Crippen molar-refractivity contribution in [3.8, 4) is 5.75 Å². The number of sulfonamides is 1. The second-order valence-electron chi connectivity index (χ2n) is 4.21. The normalized spacial score (nSPS) is 13.7. The van der Waals surface area contributed by atoms with E-state index < -0.39 is 10.0 Å². The van der Waals surface area contributed by atoms with Crippen LogP contribution >= 0.6 is 11.6 Å². The number of hydrogen-bond acceptors (Lipinski definition) is 5. The summed E-state index contributed by atoms with van der Waals surface area (Å²) in [5, 5.41) is -0.00127. The molecule has 0 saturated carbocycles. The standard InChI is InChI=1S/C12H10ClN3O3S/c13-12-14-6-10(7-15-12)20(17,18)16-9-1-2-11-8(5-9)3-4-19-11/h1-2,5-7,16H,3-4H2. The van der Waals surface area contributed by atoms with E-state index in [0.717, 1.165) is 30.1 Å². The predicted octanol–water partition coefficient (Wildman–Crippen LogP) is 1.87. The zero-order valence-electron chi connectivity index (χ0n) is 10.2. The average molecular weight is 312 g/mol. The summed E-state index contributed by atoms with van der Waals surface area (Å²) in [6.45, 7) is 0.622. The molecular formula is C12H10ClN3O3S. The van der Waals surface area contributed by atoms with Crippen molar-refractivity contribution >= 4 is 27.3 Å². The third-order valence-electron chi connectivity index (χ3n) is 2.85. The van der Waals surface area contributed by atoms with Gasteiger partial charge in [-0.2, -0.15) is 0 Å². The lowest BCUT2D eigenvalue weighted by Crippen LogP contribution is -2.13. The highest BCUT2D eigenvalue weighted by Crippen LogP contribution is 2.28. The van der Waals surface area contributed by atoms with Crippen molar-refractivity contribution in [3.63, 3.8) is 0 Å². The Labute approximate surface area is 120 Å². The van der Waals surface area contributed by atoms with E-state index in [2.05, 4.69) is 14.7 Å². The zero-order chi connectivity index (χ0) is 14.2. The average Bonchev–Trinajstić information content (AvgIpc) is 2.86. The highest BCUT2D eigenvalue weighted by Gasteiger charge is 2.18. The van der Waals surface area contributed by atoms with Crippen molar-refractivity contribution in [3.05, 3.63) is 41.4 Å². The number of nitrogens with zero attached hydrogens (tertiary/aromatic N) is 2. The summed E-state index contributed by atoms with van der Waals surface area (Å²) < 4.78 is 32.1. The Morgan fingerprint density at radius 2 is 2.00 bits per heavy atom. The molecule has 0 amide bonds. The largest absolute Gasteiger partial charge is 0.493 e. The Balaban J connectivity index is 1.88. The molecule has 6 nitrogen and oxygen atoms in total. The van der Waals surface area contributed by atoms with Gasteiger partial charge in [0.25, 0.3) is 10.0 Å². The summed E-state index contributed by atoms with van der Waals surface area (Å²) in [6.07, 6.45) is 3.09. The van der Waals surface area contributed by atoms with E-state index >= 15 is 0 Å². The summed E-state index contributed by atoms with van der Waals surface area (Å²) >= 11 is 5.53. The molecule has 2 heterocycles. The number of nitrogens with one attached hydrogen (secondary N) is 1. The van der Waals surface area contributed by atoms with Gasteiger partial charge in [-0.3, -0.25) is 4.72 Å². The number of halogens is 1. The number of hydrogen-bond donors (Lipinski definition) is 1. The lowest BCUT2D eigenvalue weighted by atomic mass is 10.1. The predicted molar refractivity (Wildman–Crippen MR) is 73.5 cm³/mol. The van der Waals surface area contributed by atoms with Crippen molar-refractivity contribution in [1.29, 1.82) is 0 Å². The van der Waals surface area contributed by atoms with Crippen LogP contribution in [0, 0.1) is 0 Å². The van der Waals surface area contributed by atoms with Crippen molar-refractivity contribution in [2.75, 3.05) is 11.3 Å². The first kappa shape index (κ1) is 13.1. The molecule has 1 aliphatic rings. The second-order valence-corrected chi connectivity index (χ2v) is 6.23. The fourth-order valence-electron chi connectivity index (χ4n) is 1.90. The van der Waals surface area contributed by atoms with E-state index in [-0.39, 0.29) is 10.2 Å². The van der Waals surface area contributed by atoms with Crippen LogP contribution in [-0.4, -0.2) is 25.0 Å². The molecule has 1 aliphatic heterocycles. The second kappa shape index (κ2) is 4.92. The van der Waals surface area contributed by atoms with E-state index in [4.69, 9.17) is 16.3 Å². The monoisotopic (exact) mass is 311 g/mol. The van der Waals surface area contributed by atoms with Crippen molar-refractivity contribution in [2.24, 2.45) is 0 Å². The van der Waals surface area contributed by atoms with Crippen LogP contribution in [-0.2, 0) is 16.4 Å². The van der Waals surface area contributed by atoms with Gasteiger partial charge in [0, 0.05) is 12.1 Å². The van der Waals surface area contributed by atoms with E-state index in [1.807, 2.05) is 0 Å². The van der Waals surface area contributed by atoms with Crippen LogP contribution in [0.15, 0.2) is 35.5 Å². The molecule has 8 heteroatoms. The van der Waals surface area contributed by atoms with Crippen LogP contribution in [0.1, 0.15) is 5.56 Å². The summed E-state index contributed by atoms with van der Waals surface area (Å²) in [5.74, 6) is 0.794. The van der Waals surface area contributed by atoms with Gasteiger partial charge in [-0.15, -0.1) is 0 Å². The molecule has 2 aromatic rings. The Morgan fingerprint density at radius 1 is 1.25 bits per heavy atom. The summed E-state index contributed by atoms with van der Waals surface area (Å²) in [4.78, 5) is 7.28. The number of ether oxygens (including phenoxy) is 1. The highest BCUT2D eigenvalue weighted by atomic mass is 35.5. The Morgan fingerprint density at radius 3 is 2.75 bits per heavy atom. The van der Waals surface area contributed by atoms with Gasteiger partial charge in [-0.25, -0.2) is 18.4 Å². The van der Waals surface area contributed by atoms with Gasteiger partial charge in [0.15, 0.2) is 0 Å². The molecule has 0 atom stereocenters. The molecule has 1 N–H and O–H groups in total. The maximum absolute atomic E-state index is 12.1. The van der Waals surface area contributed by atoms with E-state index in [1.54, 1.807) is 18.2 Å². The number of rotatable bonds is 3.